The summed E-state index contributed by atoms with van der Waals surface area (Å²) in [7, 11) is -2.35. The predicted octanol–water partition coefficient (Wildman–Crippen LogP) is 4.39. The average Bonchev–Trinajstić information content (AvgIpc) is 3.07. The van der Waals surface area contributed by atoms with E-state index >= 15 is 0 Å². The molecule has 4 rings (SSSR count). The second-order valence-corrected chi connectivity index (χ2v) is 11.1. The van der Waals surface area contributed by atoms with Crippen LogP contribution in [0, 0.1) is 13.8 Å². The Morgan fingerprint density at radius 3 is 2.17 bits per heavy atom. The molecule has 10 heteroatoms. The largest absolute Gasteiger partial charge is 0.318 e. The molecular formula is C26H25BrN4O4S. The van der Waals surface area contributed by atoms with Crippen molar-refractivity contribution >= 4 is 43.2 Å². The van der Waals surface area contributed by atoms with Gasteiger partial charge in [-0.05, 0) is 62.4 Å². The zero-order chi connectivity index (χ0) is 26.0. The number of amides is 1. The Kier molecular flexibility index (Phi) is 7.18. The zero-order valence-electron chi connectivity index (χ0n) is 20.0. The van der Waals surface area contributed by atoms with E-state index in [4.69, 9.17) is 0 Å². The molecule has 0 saturated heterocycles. The van der Waals surface area contributed by atoms with E-state index in [2.05, 4.69) is 21.2 Å². The Hall–Kier alpha value is -3.63. The van der Waals surface area contributed by atoms with Gasteiger partial charge in [-0.25, -0.2) is 13.1 Å². The molecule has 0 saturated carbocycles. The molecule has 1 aromatic heterocycles. The van der Waals surface area contributed by atoms with Gasteiger partial charge in [0.05, 0.1) is 22.0 Å². The normalized spacial score (nSPS) is 11.3. The summed E-state index contributed by atoms with van der Waals surface area (Å²) in [5.41, 5.74) is 2.10. The van der Waals surface area contributed by atoms with Gasteiger partial charge in [-0.15, -0.1) is 0 Å². The minimum absolute atomic E-state index is 0.0612. The van der Waals surface area contributed by atoms with Gasteiger partial charge in [0.1, 0.15) is 12.2 Å². The molecule has 8 nitrogen and oxygen atoms in total. The molecule has 0 aliphatic carbocycles. The zero-order valence-corrected chi connectivity index (χ0v) is 22.4. The number of sulfonamides is 1. The SMILES string of the molecule is Cc1ccc(S(=O)(=O)N(CC(=O)Nc2c(C)n(C)n(-c3ccccc3)c2=O)c2ccc(Br)cc2)cc1. The summed E-state index contributed by atoms with van der Waals surface area (Å²) in [6.45, 7) is 3.06. The number of nitrogens with one attached hydrogen (secondary N) is 1. The molecule has 0 radical (unpaired) electrons. The van der Waals surface area contributed by atoms with E-state index in [0.29, 0.717) is 17.1 Å². The first-order valence-corrected chi connectivity index (χ1v) is 13.3. The fraction of sp³-hybridized carbons (Fsp3) is 0.154. The van der Waals surface area contributed by atoms with Crippen molar-refractivity contribution in [2.45, 2.75) is 18.7 Å². The van der Waals surface area contributed by atoms with Gasteiger partial charge in [0.2, 0.25) is 5.91 Å². The second-order valence-electron chi connectivity index (χ2n) is 8.29. The van der Waals surface area contributed by atoms with E-state index < -0.39 is 28.0 Å². The third-order valence-corrected chi connectivity index (χ3v) is 8.15. The van der Waals surface area contributed by atoms with Crippen molar-refractivity contribution < 1.29 is 13.2 Å². The highest BCUT2D eigenvalue weighted by Gasteiger charge is 2.28. The van der Waals surface area contributed by atoms with Crippen molar-refractivity contribution in [2.75, 3.05) is 16.2 Å². The van der Waals surface area contributed by atoms with Gasteiger partial charge in [-0.3, -0.25) is 18.6 Å². The summed E-state index contributed by atoms with van der Waals surface area (Å²) >= 11 is 3.35. The molecule has 3 aromatic carbocycles. The maximum Gasteiger partial charge on any atom is 0.295 e. The van der Waals surface area contributed by atoms with Gasteiger partial charge < -0.3 is 5.32 Å². The van der Waals surface area contributed by atoms with Crippen LogP contribution < -0.4 is 15.2 Å². The molecule has 1 N–H and O–H groups in total. The molecule has 4 aromatic rings. The summed E-state index contributed by atoms with van der Waals surface area (Å²) < 4.78 is 32.0. The number of anilines is 2. The summed E-state index contributed by atoms with van der Waals surface area (Å²) in [6.07, 6.45) is 0. The lowest BCUT2D eigenvalue weighted by molar-refractivity contribution is -0.114. The number of nitrogens with zero attached hydrogens (tertiary/aromatic N) is 3. The van der Waals surface area contributed by atoms with E-state index in [1.807, 2.05) is 25.1 Å². The number of rotatable bonds is 7. The Bertz CT molecular complexity index is 1560. The van der Waals surface area contributed by atoms with Crippen LogP contribution in [0.5, 0.6) is 0 Å². The topological polar surface area (TPSA) is 93.4 Å². The van der Waals surface area contributed by atoms with Crippen LogP contribution in [0.2, 0.25) is 0 Å². The molecule has 186 valence electrons. The van der Waals surface area contributed by atoms with Crippen LogP contribution >= 0.6 is 15.9 Å². The fourth-order valence-electron chi connectivity index (χ4n) is 3.78. The van der Waals surface area contributed by atoms with Crippen LogP contribution in [0.25, 0.3) is 5.69 Å². The molecular weight excluding hydrogens is 544 g/mol. The van der Waals surface area contributed by atoms with Gasteiger partial charge >= 0.3 is 0 Å². The van der Waals surface area contributed by atoms with E-state index in [-0.39, 0.29) is 10.6 Å². The lowest BCUT2D eigenvalue weighted by atomic mass is 10.2. The number of benzene rings is 3. The second kappa shape index (κ2) is 10.2. The number of carbonyl (C=O) groups excluding carboxylic acids is 1. The monoisotopic (exact) mass is 568 g/mol. The molecule has 0 fully saturated rings. The van der Waals surface area contributed by atoms with Crippen molar-refractivity contribution in [1.82, 2.24) is 9.36 Å². The number of aryl methyl sites for hydroxylation is 1. The third kappa shape index (κ3) is 5.00. The van der Waals surface area contributed by atoms with Crippen LogP contribution in [-0.4, -0.2) is 30.2 Å². The Morgan fingerprint density at radius 2 is 1.56 bits per heavy atom. The molecule has 0 aliphatic rings. The van der Waals surface area contributed by atoms with E-state index in [1.165, 1.54) is 16.8 Å². The quantitative estimate of drug-likeness (QED) is 0.358. The average molecular weight is 569 g/mol. The molecule has 0 bridgehead atoms. The van der Waals surface area contributed by atoms with Crippen molar-refractivity contribution in [2.24, 2.45) is 7.05 Å². The number of aromatic nitrogens is 2. The molecule has 1 heterocycles. The molecule has 36 heavy (non-hydrogen) atoms. The maximum absolute atomic E-state index is 13.6. The molecule has 0 aliphatic heterocycles. The molecule has 0 atom stereocenters. The van der Waals surface area contributed by atoms with E-state index in [9.17, 15) is 18.0 Å². The van der Waals surface area contributed by atoms with Crippen LogP contribution in [0.3, 0.4) is 0 Å². The Labute approximate surface area is 218 Å². The molecule has 0 spiro atoms. The van der Waals surface area contributed by atoms with Gasteiger partial charge in [0.15, 0.2) is 0 Å². The molecule has 1 amide bonds. The van der Waals surface area contributed by atoms with E-state index in [0.717, 1.165) is 14.3 Å². The van der Waals surface area contributed by atoms with Crippen LogP contribution in [0.4, 0.5) is 11.4 Å². The number of halogens is 1. The molecule has 0 unspecified atom stereocenters. The van der Waals surface area contributed by atoms with Gasteiger partial charge in [-0.1, -0.05) is 51.8 Å². The lowest BCUT2D eigenvalue weighted by Gasteiger charge is -2.24. The van der Waals surface area contributed by atoms with Gasteiger partial charge in [0, 0.05) is 11.5 Å². The lowest BCUT2D eigenvalue weighted by Crippen LogP contribution is -2.38. The Balaban J connectivity index is 1.69. The third-order valence-electron chi connectivity index (χ3n) is 5.83. The first kappa shape index (κ1) is 25.5. The van der Waals surface area contributed by atoms with Gasteiger partial charge in [-0.2, -0.15) is 0 Å². The van der Waals surface area contributed by atoms with Crippen molar-refractivity contribution in [3.05, 3.63) is 105 Å². The van der Waals surface area contributed by atoms with Crippen molar-refractivity contribution in [3.63, 3.8) is 0 Å². The summed E-state index contributed by atoms with van der Waals surface area (Å²) in [5.74, 6) is -0.639. The fourth-order valence-corrected chi connectivity index (χ4v) is 5.47. The smallest absolute Gasteiger partial charge is 0.295 e. The highest BCUT2D eigenvalue weighted by molar-refractivity contribution is 9.10. The number of hydrogen-bond acceptors (Lipinski definition) is 4. The van der Waals surface area contributed by atoms with Crippen molar-refractivity contribution in [1.29, 1.82) is 0 Å². The summed E-state index contributed by atoms with van der Waals surface area (Å²) in [6, 6.07) is 22.1. The first-order chi connectivity index (χ1) is 17.1. The van der Waals surface area contributed by atoms with Crippen LogP contribution in [0.15, 0.2) is 93.0 Å². The summed E-state index contributed by atoms with van der Waals surface area (Å²) in [5, 5.41) is 2.65. The van der Waals surface area contributed by atoms with Gasteiger partial charge in [0.25, 0.3) is 15.6 Å². The maximum atomic E-state index is 13.6. The minimum Gasteiger partial charge on any atom is -0.318 e. The van der Waals surface area contributed by atoms with E-state index in [1.54, 1.807) is 67.2 Å². The number of hydrogen-bond donors (Lipinski definition) is 1. The van der Waals surface area contributed by atoms with Crippen molar-refractivity contribution in [3.8, 4) is 5.69 Å². The first-order valence-electron chi connectivity index (χ1n) is 11.1. The van der Waals surface area contributed by atoms with Crippen LogP contribution in [0.1, 0.15) is 11.3 Å². The van der Waals surface area contributed by atoms with Crippen LogP contribution in [-0.2, 0) is 21.9 Å². The summed E-state index contributed by atoms with van der Waals surface area (Å²) in [4.78, 5) is 26.4. The minimum atomic E-state index is -4.07. The Morgan fingerprint density at radius 1 is 0.944 bits per heavy atom. The standard InChI is InChI=1S/C26H25BrN4O4S/c1-18-9-15-23(16-10-18)36(34,35)30(21-13-11-20(27)12-14-21)17-24(32)28-25-19(2)29(3)31(26(25)33)22-7-5-4-6-8-22/h4-16H,17H2,1-3H3,(H,28,32). The highest BCUT2D eigenvalue weighted by atomic mass is 79.9. The predicted molar refractivity (Wildman–Crippen MR) is 144 cm³/mol. The number of para-hydroxylation sites is 1. The number of carbonyl (C=O) groups is 1. The highest BCUT2D eigenvalue weighted by Crippen LogP contribution is 2.26.